The quantitative estimate of drug-likeness (QED) is 0.498. The van der Waals surface area contributed by atoms with E-state index >= 15 is 0 Å². The molecule has 3 rings (SSSR count). The summed E-state index contributed by atoms with van der Waals surface area (Å²) in [6.07, 6.45) is 2.01. The summed E-state index contributed by atoms with van der Waals surface area (Å²) >= 11 is 1.73. The van der Waals surface area contributed by atoms with Gasteiger partial charge in [-0.25, -0.2) is 0 Å². The molecule has 0 aliphatic heterocycles. The molecule has 7 heteroatoms. The molecule has 0 aliphatic rings. The fraction of sp³-hybridized carbons (Fsp3) is 0.235. The number of hydrogen-bond donors (Lipinski definition) is 1. The first-order chi connectivity index (χ1) is 11.7. The number of nitrogens with one attached hydrogen (secondary N) is 1. The zero-order chi connectivity index (χ0) is 17.1. The van der Waals surface area contributed by atoms with Crippen LogP contribution in [0.2, 0.25) is 0 Å². The number of ether oxygens (including phenoxy) is 3. The van der Waals surface area contributed by atoms with Crippen LogP contribution in [0.4, 0.5) is 0 Å². The molecule has 0 bridgehead atoms. The van der Waals surface area contributed by atoms with E-state index < -0.39 is 0 Å². The van der Waals surface area contributed by atoms with Gasteiger partial charge in [-0.05, 0) is 0 Å². The first-order valence-electron chi connectivity index (χ1n) is 7.20. The Kier molecular flexibility index (Phi) is 5.23. The zero-order valence-electron chi connectivity index (χ0n) is 13.9. The molecule has 1 aromatic heterocycles. The molecule has 0 fully saturated rings. The molecule has 0 amide bonds. The van der Waals surface area contributed by atoms with Crippen LogP contribution in [-0.4, -0.2) is 52.5 Å². The molecule has 0 spiro atoms. The van der Waals surface area contributed by atoms with Gasteiger partial charge in [0.25, 0.3) is 0 Å². The summed E-state index contributed by atoms with van der Waals surface area (Å²) in [5.74, 6) is 1.98. The fourth-order valence-corrected chi connectivity index (χ4v) is 4.70. The number of thioether (sulfide) groups is 1. The molecule has 0 unspecified atom stereocenters. The van der Waals surface area contributed by atoms with E-state index in [-0.39, 0.29) is 15.0 Å². The standard InChI is InChI=1S/C17H18N2O3SSe/c1-20-14-8-11(9-15(21-2)16(14)22-3)24-10-5-6-12-13(7-10)19-17(18-12)23-4/h5-9H,1-4H3,(H,18,19). The average molecular weight is 409 g/mol. The van der Waals surface area contributed by atoms with Crippen molar-refractivity contribution in [1.29, 1.82) is 0 Å². The first kappa shape index (κ1) is 17.0. The summed E-state index contributed by atoms with van der Waals surface area (Å²) in [5, 5.41) is 0.933. The summed E-state index contributed by atoms with van der Waals surface area (Å²) < 4.78 is 18.6. The van der Waals surface area contributed by atoms with E-state index in [0.29, 0.717) is 17.2 Å². The van der Waals surface area contributed by atoms with Crippen molar-refractivity contribution in [3.05, 3.63) is 30.3 Å². The Morgan fingerprint density at radius 3 is 2.25 bits per heavy atom. The molecule has 3 aromatic rings. The Balaban J connectivity index is 1.95. The van der Waals surface area contributed by atoms with Gasteiger partial charge in [0.1, 0.15) is 0 Å². The number of hydrogen-bond acceptors (Lipinski definition) is 5. The van der Waals surface area contributed by atoms with Gasteiger partial charge in [-0.15, -0.1) is 0 Å². The van der Waals surface area contributed by atoms with E-state index in [0.717, 1.165) is 20.7 Å². The minimum atomic E-state index is 0.117. The first-order valence-corrected chi connectivity index (χ1v) is 10.1. The summed E-state index contributed by atoms with van der Waals surface area (Å²) in [6, 6.07) is 10.3. The number of nitrogens with zero attached hydrogens (tertiary/aromatic N) is 1. The Hall–Kier alpha value is -1.82. The number of aromatic nitrogens is 2. The second kappa shape index (κ2) is 7.38. The number of fused-ring (bicyclic) bond motifs is 1. The Morgan fingerprint density at radius 2 is 1.67 bits per heavy atom. The SMILES string of the molecule is COc1cc([Se]c2ccc3nc(SC)[nH]c3c2)cc(OC)c1OC. The number of imidazole rings is 1. The van der Waals surface area contributed by atoms with Gasteiger partial charge in [-0.2, -0.15) is 0 Å². The average Bonchev–Trinajstić information content (AvgIpc) is 3.03. The van der Waals surface area contributed by atoms with Gasteiger partial charge in [0.2, 0.25) is 0 Å². The summed E-state index contributed by atoms with van der Waals surface area (Å²) in [7, 11) is 4.88. The molecule has 2 aromatic carbocycles. The molecule has 5 nitrogen and oxygen atoms in total. The molecule has 0 atom stereocenters. The van der Waals surface area contributed by atoms with Crippen molar-refractivity contribution < 1.29 is 14.2 Å². The summed E-state index contributed by atoms with van der Waals surface area (Å²) in [6.45, 7) is 0. The predicted molar refractivity (Wildman–Crippen MR) is 99.0 cm³/mol. The third-order valence-corrected chi connectivity index (χ3v) is 6.10. The van der Waals surface area contributed by atoms with Gasteiger partial charge in [-0.3, -0.25) is 0 Å². The molecule has 24 heavy (non-hydrogen) atoms. The van der Waals surface area contributed by atoms with Gasteiger partial charge in [-0.1, -0.05) is 0 Å². The van der Waals surface area contributed by atoms with Gasteiger partial charge in [0.15, 0.2) is 0 Å². The fourth-order valence-electron chi connectivity index (χ4n) is 2.38. The number of benzene rings is 2. The van der Waals surface area contributed by atoms with Crippen molar-refractivity contribution in [2.75, 3.05) is 27.6 Å². The van der Waals surface area contributed by atoms with E-state index in [1.807, 2.05) is 18.4 Å². The summed E-state index contributed by atoms with van der Waals surface area (Å²) in [4.78, 5) is 7.84. The predicted octanol–water partition coefficient (Wildman–Crippen LogP) is 1.97. The molecule has 1 heterocycles. The van der Waals surface area contributed by atoms with Crippen LogP contribution in [0.3, 0.4) is 0 Å². The number of H-pyrrole nitrogens is 1. The van der Waals surface area contributed by atoms with Crippen LogP contribution in [0.15, 0.2) is 35.5 Å². The molecular formula is C17H18N2O3SSe. The van der Waals surface area contributed by atoms with Crippen LogP contribution in [0, 0.1) is 0 Å². The molecule has 126 valence electrons. The van der Waals surface area contributed by atoms with E-state index in [2.05, 4.69) is 28.2 Å². The number of aromatic amines is 1. The van der Waals surface area contributed by atoms with Crippen LogP contribution < -0.4 is 23.1 Å². The minimum absolute atomic E-state index is 0.117. The topological polar surface area (TPSA) is 56.4 Å². The molecule has 0 saturated carbocycles. The maximum atomic E-state index is 5.43. The maximum absolute atomic E-state index is 5.43. The van der Waals surface area contributed by atoms with E-state index in [9.17, 15) is 0 Å². The Bertz CT molecular complexity index is 841. The third kappa shape index (κ3) is 3.33. The van der Waals surface area contributed by atoms with E-state index in [1.54, 1.807) is 33.1 Å². The number of methoxy groups -OCH3 is 3. The summed E-state index contributed by atoms with van der Waals surface area (Å²) in [5.41, 5.74) is 2.05. The Morgan fingerprint density at radius 1 is 0.958 bits per heavy atom. The second-order valence-corrected chi connectivity index (χ2v) is 8.09. The van der Waals surface area contributed by atoms with Crippen molar-refractivity contribution in [1.82, 2.24) is 9.97 Å². The number of rotatable bonds is 6. The van der Waals surface area contributed by atoms with Crippen molar-refractivity contribution in [2.45, 2.75) is 5.16 Å². The van der Waals surface area contributed by atoms with Gasteiger partial charge >= 0.3 is 151 Å². The second-order valence-electron chi connectivity index (χ2n) is 4.89. The van der Waals surface area contributed by atoms with Crippen LogP contribution in [0.25, 0.3) is 11.0 Å². The van der Waals surface area contributed by atoms with Crippen molar-refractivity contribution in [2.24, 2.45) is 0 Å². The van der Waals surface area contributed by atoms with Gasteiger partial charge in [0, 0.05) is 0 Å². The zero-order valence-corrected chi connectivity index (χ0v) is 16.4. The van der Waals surface area contributed by atoms with Gasteiger partial charge < -0.3 is 0 Å². The molecule has 0 aliphatic carbocycles. The third-order valence-electron chi connectivity index (χ3n) is 3.50. The monoisotopic (exact) mass is 410 g/mol. The van der Waals surface area contributed by atoms with Crippen LogP contribution in [0.5, 0.6) is 17.2 Å². The van der Waals surface area contributed by atoms with Crippen molar-refractivity contribution >= 4 is 46.7 Å². The normalized spacial score (nSPS) is 10.8. The molecule has 0 saturated heterocycles. The van der Waals surface area contributed by atoms with Crippen molar-refractivity contribution in [3.8, 4) is 17.2 Å². The van der Waals surface area contributed by atoms with Gasteiger partial charge in [0.05, 0.1) is 0 Å². The molecule has 1 N–H and O–H groups in total. The van der Waals surface area contributed by atoms with Crippen LogP contribution in [-0.2, 0) is 0 Å². The van der Waals surface area contributed by atoms with E-state index in [1.165, 1.54) is 4.46 Å². The molecule has 0 radical (unpaired) electrons. The molecular weight excluding hydrogens is 391 g/mol. The van der Waals surface area contributed by atoms with E-state index in [4.69, 9.17) is 14.2 Å². The van der Waals surface area contributed by atoms with Crippen LogP contribution in [0.1, 0.15) is 0 Å². The van der Waals surface area contributed by atoms with Crippen molar-refractivity contribution in [3.63, 3.8) is 0 Å². The van der Waals surface area contributed by atoms with Crippen LogP contribution >= 0.6 is 11.8 Å². The Labute approximate surface area is 151 Å².